The molecule has 1 saturated carbocycles. The van der Waals surface area contributed by atoms with Crippen molar-refractivity contribution in [3.63, 3.8) is 0 Å². The van der Waals surface area contributed by atoms with E-state index in [1.54, 1.807) is 0 Å². The number of hydrogen-bond acceptors (Lipinski definition) is 3. The Balaban J connectivity index is 1.99. The van der Waals surface area contributed by atoms with E-state index in [1.165, 1.54) is 12.0 Å². The van der Waals surface area contributed by atoms with Gasteiger partial charge in [0.2, 0.25) is 0 Å². The number of benzene rings is 1. The molecular weight excluding hydrogens is 250 g/mol. The molecule has 0 heterocycles. The first-order valence-electron chi connectivity index (χ1n) is 7.34. The molecule has 1 aliphatic rings. The molecule has 3 heteroatoms. The smallest absolute Gasteiger partial charge is 0.313 e. The molecule has 0 amide bonds. The summed E-state index contributed by atoms with van der Waals surface area (Å²) in [5, 5.41) is 4.00. The van der Waals surface area contributed by atoms with E-state index >= 15 is 0 Å². The Bertz CT molecular complexity index is 487. The molecule has 0 saturated heterocycles. The minimum atomic E-state index is -0.372. The Kier molecular flexibility index (Phi) is 4.58. The van der Waals surface area contributed by atoms with Crippen molar-refractivity contribution in [1.82, 2.24) is 0 Å². The van der Waals surface area contributed by atoms with Crippen LogP contribution >= 0.6 is 0 Å². The maximum absolute atomic E-state index is 11.9. The number of oxime groups is 1. The molecule has 0 spiro atoms. The minimum Gasteiger partial charge on any atom is -0.313 e. The van der Waals surface area contributed by atoms with Crippen molar-refractivity contribution in [2.24, 2.45) is 5.16 Å². The molecule has 0 aromatic heterocycles. The van der Waals surface area contributed by atoms with E-state index in [1.807, 2.05) is 24.3 Å². The topological polar surface area (TPSA) is 38.7 Å². The SMILES string of the molecule is CC(C)(C)c1ccc(C(=O)ON=C2CCCCC2)cc1. The first-order chi connectivity index (χ1) is 9.47. The Labute approximate surface area is 121 Å². The lowest BCUT2D eigenvalue weighted by atomic mass is 9.87. The molecule has 0 N–H and O–H groups in total. The zero-order valence-corrected chi connectivity index (χ0v) is 12.6. The molecule has 3 nitrogen and oxygen atoms in total. The van der Waals surface area contributed by atoms with E-state index in [4.69, 9.17) is 4.84 Å². The number of nitrogens with zero attached hydrogens (tertiary/aromatic N) is 1. The zero-order chi connectivity index (χ0) is 14.6. The largest absolute Gasteiger partial charge is 0.365 e. The van der Waals surface area contributed by atoms with Crippen LogP contribution in [-0.2, 0) is 10.3 Å². The molecule has 2 rings (SSSR count). The molecule has 0 unspecified atom stereocenters. The van der Waals surface area contributed by atoms with Crippen molar-refractivity contribution in [3.05, 3.63) is 35.4 Å². The van der Waals surface area contributed by atoms with Gasteiger partial charge in [-0.05, 0) is 48.8 Å². The molecule has 20 heavy (non-hydrogen) atoms. The van der Waals surface area contributed by atoms with Gasteiger partial charge in [-0.3, -0.25) is 0 Å². The highest BCUT2D eigenvalue weighted by Crippen LogP contribution is 2.22. The molecule has 1 aliphatic carbocycles. The van der Waals surface area contributed by atoms with Gasteiger partial charge >= 0.3 is 5.97 Å². The quantitative estimate of drug-likeness (QED) is 0.589. The average molecular weight is 273 g/mol. The van der Waals surface area contributed by atoms with Crippen LogP contribution in [0.2, 0.25) is 0 Å². The Hall–Kier alpha value is -1.64. The van der Waals surface area contributed by atoms with Crippen LogP contribution in [0.1, 0.15) is 68.8 Å². The summed E-state index contributed by atoms with van der Waals surface area (Å²) in [6.45, 7) is 6.44. The average Bonchev–Trinajstić information content (AvgIpc) is 2.45. The lowest BCUT2D eigenvalue weighted by Gasteiger charge is -2.18. The predicted octanol–water partition coefficient (Wildman–Crippen LogP) is 4.46. The molecule has 1 aromatic carbocycles. The maximum atomic E-state index is 11.9. The summed E-state index contributed by atoms with van der Waals surface area (Å²) in [5.74, 6) is -0.372. The van der Waals surface area contributed by atoms with Gasteiger partial charge in [-0.15, -0.1) is 0 Å². The minimum absolute atomic E-state index is 0.0881. The van der Waals surface area contributed by atoms with E-state index in [2.05, 4.69) is 25.9 Å². The highest BCUT2D eigenvalue weighted by molar-refractivity contribution is 5.91. The third kappa shape index (κ3) is 3.92. The van der Waals surface area contributed by atoms with E-state index in [0.29, 0.717) is 5.56 Å². The van der Waals surface area contributed by atoms with E-state index in [0.717, 1.165) is 31.4 Å². The Morgan fingerprint density at radius 1 is 1.05 bits per heavy atom. The van der Waals surface area contributed by atoms with Crippen LogP contribution in [0, 0.1) is 0 Å². The van der Waals surface area contributed by atoms with Crippen molar-refractivity contribution < 1.29 is 9.63 Å². The van der Waals surface area contributed by atoms with Crippen LogP contribution in [0.25, 0.3) is 0 Å². The van der Waals surface area contributed by atoms with Gasteiger partial charge in [-0.1, -0.05) is 44.5 Å². The van der Waals surface area contributed by atoms with Gasteiger partial charge in [0.15, 0.2) is 0 Å². The lowest BCUT2D eigenvalue weighted by Crippen LogP contribution is -2.12. The third-order valence-electron chi connectivity index (χ3n) is 3.67. The summed E-state index contributed by atoms with van der Waals surface area (Å²) in [4.78, 5) is 17.0. The number of hydrogen-bond donors (Lipinski definition) is 0. The van der Waals surface area contributed by atoms with Crippen molar-refractivity contribution in [1.29, 1.82) is 0 Å². The van der Waals surface area contributed by atoms with E-state index < -0.39 is 0 Å². The van der Waals surface area contributed by atoms with Crippen LogP contribution in [0.3, 0.4) is 0 Å². The van der Waals surface area contributed by atoms with Crippen LogP contribution in [0.15, 0.2) is 29.4 Å². The Morgan fingerprint density at radius 3 is 2.20 bits per heavy atom. The summed E-state index contributed by atoms with van der Waals surface area (Å²) in [6, 6.07) is 7.57. The first-order valence-corrected chi connectivity index (χ1v) is 7.34. The van der Waals surface area contributed by atoms with Gasteiger partial charge in [0.05, 0.1) is 11.3 Å². The van der Waals surface area contributed by atoms with E-state index in [-0.39, 0.29) is 11.4 Å². The second-order valence-electron chi connectivity index (χ2n) is 6.42. The Morgan fingerprint density at radius 2 is 1.65 bits per heavy atom. The van der Waals surface area contributed by atoms with Gasteiger partial charge in [-0.25, -0.2) is 4.79 Å². The van der Waals surface area contributed by atoms with Crippen molar-refractivity contribution in [2.75, 3.05) is 0 Å². The molecule has 0 bridgehead atoms. The highest BCUT2D eigenvalue weighted by Gasteiger charge is 2.15. The van der Waals surface area contributed by atoms with Gasteiger partial charge in [0, 0.05) is 0 Å². The summed E-state index contributed by atoms with van der Waals surface area (Å²) >= 11 is 0. The normalized spacial score (nSPS) is 15.8. The summed E-state index contributed by atoms with van der Waals surface area (Å²) in [7, 11) is 0. The molecule has 108 valence electrons. The number of carbonyl (C=O) groups is 1. The summed E-state index contributed by atoms with van der Waals surface area (Å²) < 4.78 is 0. The van der Waals surface area contributed by atoms with Crippen LogP contribution in [0.5, 0.6) is 0 Å². The van der Waals surface area contributed by atoms with Crippen molar-refractivity contribution in [2.45, 2.75) is 58.3 Å². The summed E-state index contributed by atoms with van der Waals surface area (Å²) in [6.07, 6.45) is 5.46. The standard InChI is InChI=1S/C17H23NO2/c1-17(2,3)14-11-9-13(10-12-14)16(19)20-18-15-7-5-4-6-8-15/h9-12H,4-8H2,1-3H3. The van der Waals surface area contributed by atoms with E-state index in [9.17, 15) is 4.79 Å². The molecular formula is C17H23NO2. The van der Waals surface area contributed by atoms with Crippen LogP contribution in [-0.4, -0.2) is 11.7 Å². The van der Waals surface area contributed by atoms with Crippen LogP contribution in [0.4, 0.5) is 0 Å². The number of carbonyl (C=O) groups excluding carboxylic acids is 1. The van der Waals surface area contributed by atoms with Crippen molar-refractivity contribution >= 4 is 11.7 Å². The molecule has 1 aromatic rings. The number of rotatable bonds is 2. The zero-order valence-electron chi connectivity index (χ0n) is 12.6. The predicted molar refractivity (Wildman–Crippen MR) is 81.1 cm³/mol. The van der Waals surface area contributed by atoms with Gasteiger partial charge in [-0.2, -0.15) is 0 Å². The molecule has 1 fully saturated rings. The molecule has 0 atom stereocenters. The maximum Gasteiger partial charge on any atom is 0.365 e. The fraction of sp³-hybridized carbons (Fsp3) is 0.529. The first kappa shape index (κ1) is 14.8. The lowest BCUT2D eigenvalue weighted by molar-refractivity contribution is 0.0513. The van der Waals surface area contributed by atoms with Gasteiger partial charge < -0.3 is 4.84 Å². The second-order valence-corrected chi connectivity index (χ2v) is 6.42. The fourth-order valence-corrected chi connectivity index (χ4v) is 2.32. The third-order valence-corrected chi connectivity index (χ3v) is 3.67. The van der Waals surface area contributed by atoms with Crippen molar-refractivity contribution in [3.8, 4) is 0 Å². The molecule has 0 aliphatic heterocycles. The summed E-state index contributed by atoms with van der Waals surface area (Å²) in [5.41, 5.74) is 2.85. The second kappa shape index (κ2) is 6.21. The molecule has 0 radical (unpaired) electrons. The fourth-order valence-electron chi connectivity index (χ4n) is 2.32. The van der Waals surface area contributed by atoms with Gasteiger partial charge in [0.25, 0.3) is 0 Å². The monoisotopic (exact) mass is 273 g/mol. The van der Waals surface area contributed by atoms with Crippen LogP contribution < -0.4 is 0 Å². The van der Waals surface area contributed by atoms with Gasteiger partial charge in [0.1, 0.15) is 0 Å². The highest BCUT2D eigenvalue weighted by atomic mass is 16.7.